The van der Waals surface area contributed by atoms with Crippen LogP contribution in [0.5, 0.6) is 0 Å². The van der Waals surface area contributed by atoms with E-state index in [0.717, 1.165) is 4.31 Å². The van der Waals surface area contributed by atoms with E-state index in [9.17, 15) is 18.0 Å². The van der Waals surface area contributed by atoms with Crippen molar-refractivity contribution in [2.24, 2.45) is 0 Å². The fourth-order valence-corrected chi connectivity index (χ4v) is 5.86. The molecule has 3 rings (SSSR count). The number of carbonyl (C=O) groups excluding carboxylic acids is 2. The fraction of sp³-hybridized carbons (Fsp3) is 0.200. The first-order valence-electron chi connectivity index (χ1n) is 10.8. The van der Waals surface area contributed by atoms with Crippen LogP contribution in [-0.4, -0.2) is 44.8 Å². The van der Waals surface area contributed by atoms with Crippen molar-refractivity contribution in [2.75, 3.05) is 17.9 Å². The molecule has 0 aliphatic heterocycles. The molecule has 0 fully saturated rings. The van der Waals surface area contributed by atoms with Gasteiger partial charge in [0.25, 0.3) is 10.0 Å². The van der Waals surface area contributed by atoms with Crippen molar-refractivity contribution in [3.8, 4) is 0 Å². The molecule has 0 saturated carbocycles. The average molecular weight is 613 g/mol. The van der Waals surface area contributed by atoms with E-state index >= 15 is 0 Å². The standard InChI is InChI=1S/C25H24BrCl2N3O4S/c1-17(25(33)29-2)30(15-21-22(27)12-7-13-23(21)28)24(32)16-31(19-9-6-8-18(26)14-19)36(34,35)20-10-4-3-5-11-20/h3-14,17H,15-16H2,1-2H3,(H,29,33)/t17-/m0/s1. The molecule has 36 heavy (non-hydrogen) atoms. The first-order chi connectivity index (χ1) is 17.1. The van der Waals surface area contributed by atoms with E-state index < -0.39 is 34.4 Å². The summed E-state index contributed by atoms with van der Waals surface area (Å²) in [6, 6.07) is 18.4. The third kappa shape index (κ3) is 6.39. The second-order valence-electron chi connectivity index (χ2n) is 7.82. The van der Waals surface area contributed by atoms with E-state index in [2.05, 4.69) is 21.2 Å². The highest BCUT2D eigenvalue weighted by molar-refractivity contribution is 9.10. The third-order valence-electron chi connectivity index (χ3n) is 5.51. The zero-order chi connectivity index (χ0) is 26.5. The molecule has 2 amide bonds. The molecule has 1 atom stereocenters. The Labute approximate surface area is 229 Å². The topological polar surface area (TPSA) is 86.8 Å². The minimum Gasteiger partial charge on any atom is -0.357 e. The molecule has 3 aromatic rings. The van der Waals surface area contributed by atoms with E-state index in [0.29, 0.717) is 20.1 Å². The Hall–Kier alpha value is -2.59. The molecular weight excluding hydrogens is 589 g/mol. The van der Waals surface area contributed by atoms with E-state index in [1.54, 1.807) is 67.6 Å². The molecule has 0 bridgehead atoms. The van der Waals surface area contributed by atoms with E-state index in [4.69, 9.17) is 23.2 Å². The molecule has 0 aromatic heterocycles. The molecule has 190 valence electrons. The lowest BCUT2D eigenvalue weighted by molar-refractivity contribution is -0.139. The van der Waals surface area contributed by atoms with Crippen LogP contribution in [0.15, 0.2) is 82.2 Å². The number of carbonyl (C=O) groups is 2. The Morgan fingerprint density at radius 3 is 2.17 bits per heavy atom. The number of nitrogens with one attached hydrogen (secondary N) is 1. The Morgan fingerprint density at radius 1 is 0.972 bits per heavy atom. The van der Waals surface area contributed by atoms with Gasteiger partial charge in [0.2, 0.25) is 11.8 Å². The summed E-state index contributed by atoms with van der Waals surface area (Å²) in [5.74, 6) is -1.03. The second-order valence-corrected chi connectivity index (χ2v) is 11.4. The molecule has 0 spiro atoms. The van der Waals surface area contributed by atoms with Crippen molar-refractivity contribution in [1.29, 1.82) is 0 Å². The van der Waals surface area contributed by atoms with Gasteiger partial charge in [-0.05, 0) is 49.4 Å². The highest BCUT2D eigenvalue weighted by Crippen LogP contribution is 2.29. The summed E-state index contributed by atoms with van der Waals surface area (Å²) >= 11 is 16.0. The number of halogens is 3. The number of sulfonamides is 1. The normalized spacial score (nSPS) is 12.0. The second kappa shape index (κ2) is 12.1. The van der Waals surface area contributed by atoms with Crippen LogP contribution < -0.4 is 9.62 Å². The predicted octanol–water partition coefficient (Wildman–Crippen LogP) is 5.11. The lowest BCUT2D eigenvalue weighted by atomic mass is 10.1. The SMILES string of the molecule is CNC(=O)[C@H](C)N(Cc1c(Cl)cccc1Cl)C(=O)CN(c1cccc(Br)c1)S(=O)(=O)c1ccccc1. The van der Waals surface area contributed by atoms with Crippen molar-refractivity contribution in [3.05, 3.63) is 92.9 Å². The molecular formula is C25H24BrCl2N3O4S. The van der Waals surface area contributed by atoms with Gasteiger partial charge in [0.05, 0.1) is 10.6 Å². The third-order valence-corrected chi connectivity index (χ3v) is 8.50. The van der Waals surface area contributed by atoms with E-state index in [-0.39, 0.29) is 17.1 Å². The maximum absolute atomic E-state index is 13.7. The first kappa shape index (κ1) is 28.0. The number of anilines is 1. The highest BCUT2D eigenvalue weighted by Gasteiger charge is 2.32. The van der Waals surface area contributed by atoms with Crippen molar-refractivity contribution < 1.29 is 18.0 Å². The Bertz CT molecular complexity index is 1340. The van der Waals surface area contributed by atoms with Crippen molar-refractivity contribution in [3.63, 3.8) is 0 Å². The Morgan fingerprint density at radius 2 is 1.58 bits per heavy atom. The Kier molecular flexibility index (Phi) is 9.41. The van der Waals surface area contributed by atoms with Crippen LogP contribution in [-0.2, 0) is 26.2 Å². The van der Waals surface area contributed by atoms with Gasteiger partial charge < -0.3 is 10.2 Å². The first-order valence-corrected chi connectivity index (χ1v) is 13.8. The zero-order valence-electron chi connectivity index (χ0n) is 19.5. The van der Waals surface area contributed by atoms with Crippen LogP contribution >= 0.6 is 39.1 Å². The molecule has 0 aliphatic carbocycles. The minimum absolute atomic E-state index is 0.0258. The van der Waals surface area contributed by atoms with Crippen LogP contribution in [0.25, 0.3) is 0 Å². The van der Waals surface area contributed by atoms with Crippen molar-refractivity contribution >= 4 is 66.7 Å². The number of nitrogens with zero attached hydrogens (tertiary/aromatic N) is 2. The number of amides is 2. The summed E-state index contributed by atoms with van der Waals surface area (Å²) < 4.78 is 29.0. The van der Waals surface area contributed by atoms with Gasteiger partial charge in [-0.1, -0.05) is 69.5 Å². The lowest BCUT2D eigenvalue weighted by Gasteiger charge is -2.32. The van der Waals surface area contributed by atoms with Gasteiger partial charge >= 0.3 is 0 Å². The molecule has 7 nitrogen and oxygen atoms in total. The van der Waals surface area contributed by atoms with Gasteiger partial charge in [0, 0.05) is 33.7 Å². The van der Waals surface area contributed by atoms with Crippen LogP contribution in [0.1, 0.15) is 12.5 Å². The summed E-state index contributed by atoms with van der Waals surface area (Å²) in [6.07, 6.45) is 0. The van der Waals surface area contributed by atoms with Crippen LogP contribution in [0.2, 0.25) is 10.0 Å². The maximum atomic E-state index is 13.7. The molecule has 1 N–H and O–H groups in total. The van der Waals surface area contributed by atoms with Gasteiger partial charge in [-0.15, -0.1) is 0 Å². The van der Waals surface area contributed by atoms with Gasteiger partial charge in [0.1, 0.15) is 12.6 Å². The molecule has 0 radical (unpaired) electrons. The average Bonchev–Trinajstić information content (AvgIpc) is 2.86. The van der Waals surface area contributed by atoms with Crippen LogP contribution in [0, 0.1) is 0 Å². The van der Waals surface area contributed by atoms with Gasteiger partial charge in [-0.25, -0.2) is 8.42 Å². The van der Waals surface area contributed by atoms with Crippen molar-refractivity contribution in [2.45, 2.75) is 24.4 Å². The molecule has 0 saturated heterocycles. The smallest absolute Gasteiger partial charge is 0.264 e. The maximum Gasteiger partial charge on any atom is 0.264 e. The molecule has 3 aromatic carbocycles. The zero-order valence-corrected chi connectivity index (χ0v) is 23.4. The quantitative estimate of drug-likeness (QED) is 0.364. The van der Waals surface area contributed by atoms with Gasteiger partial charge in [-0.3, -0.25) is 13.9 Å². The number of hydrogen-bond donors (Lipinski definition) is 1. The highest BCUT2D eigenvalue weighted by atomic mass is 79.9. The van der Waals surface area contributed by atoms with Crippen LogP contribution in [0.4, 0.5) is 5.69 Å². The summed E-state index contributed by atoms with van der Waals surface area (Å²) in [4.78, 5) is 27.5. The number of hydrogen-bond acceptors (Lipinski definition) is 4. The van der Waals surface area contributed by atoms with Gasteiger partial charge in [0.15, 0.2) is 0 Å². The summed E-state index contributed by atoms with van der Waals surface area (Å²) in [5.41, 5.74) is 0.731. The summed E-state index contributed by atoms with van der Waals surface area (Å²) in [6.45, 7) is 0.900. The predicted molar refractivity (Wildman–Crippen MR) is 146 cm³/mol. The van der Waals surface area contributed by atoms with E-state index in [1.165, 1.54) is 24.1 Å². The summed E-state index contributed by atoms with van der Waals surface area (Å²) in [7, 11) is -2.67. The minimum atomic E-state index is -4.13. The van der Waals surface area contributed by atoms with E-state index in [1.807, 2.05) is 0 Å². The fourth-order valence-electron chi connectivity index (χ4n) is 3.52. The number of rotatable bonds is 9. The van der Waals surface area contributed by atoms with Crippen LogP contribution in [0.3, 0.4) is 0 Å². The molecule has 0 heterocycles. The largest absolute Gasteiger partial charge is 0.357 e. The number of likely N-dealkylation sites (N-methyl/N-ethyl adjacent to an activating group) is 1. The Balaban J connectivity index is 2.06. The lowest BCUT2D eigenvalue weighted by Crippen LogP contribution is -2.50. The van der Waals surface area contributed by atoms with Gasteiger partial charge in [-0.2, -0.15) is 0 Å². The van der Waals surface area contributed by atoms with Crippen molar-refractivity contribution in [1.82, 2.24) is 10.2 Å². The molecule has 11 heteroatoms. The molecule has 0 unspecified atom stereocenters. The number of benzene rings is 3. The molecule has 0 aliphatic rings. The summed E-state index contributed by atoms with van der Waals surface area (Å²) in [5, 5.41) is 3.18. The monoisotopic (exact) mass is 611 g/mol.